The molecule has 0 radical (unpaired) electrons. The molecule has 0 spiro atoms. The molecule has 1 N–H and O–H groups in total. The number of hydrogen-bond acceptors (Lipinski definition) is 3. The second-order valence-electron chi connectivity index (χ2n) is 5.01. The first kappa shape index (κ1) is 15.5. The third kappa shape index (κ3) is 3.59. The van der Waals surface area contributed by atoms with E-state index in [2.05, 4.69) is 21.2 Å². The fraction of sp³-hybridized carbons (Fsp3) is 0.500. The van der Waals surface area contributed by atoms with Crippen LogP contribution in [0.1, 0.15) is 42.3 Å². The molecule has 0 aliphatic heterocycles. The Morgan fingerprint density at radius 2 is 2.05 bits per heavy atom. The normalized spacial score (nSPS) is 15.4. The van der Waals surface area contributed by atoms with E-state index in [0.717, 1.165) is 11.4 Å². The predicted octanol–water partition coefficient (Wildman–Crippen LogP) is 3.91. The topological polar surface area (TPSA) is 29.9 Å². The molecule has 3 rings (SSSR count). The highest BCUT2D eigenvalue weighted by Crippen LogP contribution is 2.29. The van der Waals surface area contributed by atoms with Gasteiger partial charge in [0.2, 0.25) is 0 Å². The minimum Gasteiger partial charge on any atom is -0.306 e. The molecule has 0 unspecified atom stereocenters. The predicted molar refractivity (Wildman–Crippen MR) is 81.8 cm³/mol. The summed E-state index contributed by atoms with van der Waals surface area (Å²) in [6.07, 6.45) is 6.98. The third-order valence-electron chi connectivity index (χ3n) is 3.66. The average Bonchev–Trinajstić information content (AvgIpc) is 3.09. The lowest BCUT2D eigenvalue weighted by atomic mass is 10.2. The van der Waals surface area contributed by atoms with Crippen molar-refractivity contribution in [3.05, 3.63) is 40.1 Å². The Balaban J connectivity index is 0.00000147. The Kier molecular flexibility index (Phi) is 5.57. The first-order valence-corrected chi connectivity index (χ1v) is 7.62. The van der Waals surface area contributed by atoms with Gasteiger partial charge < -0.3 is 5.32 Å². The van der Waals surface area contributed by atoms with Gasteiger partial charge in [0.05, 0.1) is 11.7 Å². The number of thiophene rings is 1. The Hall–Kier alpha value is -0.910. The molecule has 6 heteroatoms. The Labute approximate surface area is 128 Å². The molecule has 2 aromatic heterocycles. The van der Waals surface area contributed by atoms with E-state index in [1.165, 1.54) is 48.8 Å². The van der Waals surface area contributed by atoms with E-state index in [0.29, 0.717) is 12.6 Å². The van der Waals surface area contributed by atoms with Crippen molar-refractivity contribution in [1.29, 1.82) is 0 Å². The highest BCUT2D eigenvalue weighted by atomic mass is 35.5. The molecular formula is C14H19ClFN3S. The van der Waals surface area contributed by atoms with Gasteiger partial charge in [-0.3, -0.25) is 4.68 Å². The van der Waals surface area contributed by atoms with Crippen molar-refractivity contribution in [3.63, 3.8) is 0 Å². The molecule has 0 saturated heterocycles. The lowest BCUT2D eigenvalue weighted by Gasteiger charge is -2.14. The van der Waals surface area contributed by atoms with Crippen molar-refractivity contribution in [2.45, 2.75) is 44.8 Å². The Morgan fingerprint density at radius 3 is 2.75 bits per heavy atom. The van der Waals surface area contributed by atoms with Crippen molar-refractivity contribution in [1.82, 2.24) is 15.1 Å². The lowest BCUT2D eigenvalue weighted by molar-refractivity contribution is 0.442. The monoisotopic (exact) mass is 315 g/mol. The summed E-state index contributed by atoms with van der Waals surface area (Å²) >= 11 is 1.20. The minimum absolute atomic E-state index is 0. The van der Waals surface area contributed by atoms with Gasteiger partial charge in [0.25, 0.3) is 0 Å². The summed E-state index contributed by atoms with van der Waals surface area (Å²) in [5, 5.41) is 7.69. The van der Waals surface area contributed by atoms with Gasteiger partial charge in [0.15, 0.2) is 5.13 Å². The molecule has 1 aliphatic rings. The van der Waals surface area contributed by atoms with Gasteiger partial charge in [-0.2, -0.15) is 9.49 Å². The van der Waals surface area contributed by atoms with Crippen LogP contribution in [0.15, 0.2) is 24.4 Å². The number of nitrogens with one attached hydrogen (secondary N) is 1. The van der Waals surface area contributed by atoms with Crippen LogP contribution in [-0.2, 0) is 13.1 Å². The Morgan fingerprint density at radius 1 is 1.25 bits per heavy atom. The van der Waals surface area contributed by atoms with Crippen molar-refractivity contribution in [2.75, 3.05) is 0 Å². The highest BCUT2D eigenvalue weighted by molar-refractivity contribution is 7.10. The summed E-state index contributed by atoms with van der Waals surface area (Å²) in [5.41, 5.74) is 1.23. The van der Waals surface area contributed by atoms with Gasteiger partial charge in [-0.1, -0.05) is 12.8 Å². The highest BCUT2D eigenvalue weighted by Gasteiger charge is 2.19. The van der Waals surface area contributed by atoms with Gasteiger partial charge in [0, 0.05) is 24.2 Å². The summed E-state index contributed by atoms with van der Waals surface area (Å²) in [6.45, 7) is 1.50. The van der Waals surface area contributed by atoms with E-state index in [4.69, 9.17) is 0 Å². The second kappa shape index (κ2) is 7.20. The molecule has 110 valence electrons. The van der Waals surface area contributed by atoms with Gasteiger partial charge in [0.1, 0.15) is 0 Å². The molecule has 2 heterocycles. The van der Waals surface area contributed by atoms with E-state index in [1.807, 2.05) is 12.3 Å². The molecule has 1 aliphatic carbocycles. The van der Waals surface area contributed by atoms with Crippen LogP contribution in [0.3, 0.4) is 0 Å². The minimum atomic E-state index is -0.118. The molecule has 20 heavy (non-hydrogen) atoms. The largest absolute Gasteiger partial charge is 0.306 e. The molecule has 0 bridgehead atoms. The van der Waals surface area contributed by atoms with Crippen LogP contribution in [0.2, 0.25) is 0 Å². The zero-order valence-corrected chi connectivity index (χ0v) is 12.9. The number of rotatable bonds is 5. The summed E-state index contributed by atoms with van der Waals surface area (Å²) in [5.74, 6) is 0. The molecule has 3 nitrogen and oxygen atoms in total. The van der Waals surface area contributed by atoms with E-state index >= 15 is 0 Å². The van der Waals surface area contributed by atoms with Crippen LogP contribution < -0.4 is 5.32 Å². The van der Waals surface area contributed by atoms with Gasteiger partial charge in [-0.15, -0.1) is 23.7 Å². The molecular weight excluding hydrogens is 297 g/mol. The lowest BCUT2D eigenvalue weighted by Crippen LogP contribution is -2.18. The SMILES string of the molecule is Cl.Fc1ccc(CNCc2ccnn2C2CCCC2)s1. The number of halogens is 2. The van der Waals surface area contributed by atoms with Crippen LogP contribution in [0.4, 0.5) is 4.39 Å². The van der Waals surface area contributed by atoms with E-state index in [9.17, 15) is 4.39 Å². The van der Waals surface area contributed by atoms with Crippen molar-refractivity contribution in [2.24, 2.45) is 0 Å². The maximum atomic E-state index is 12.9. The van der Waals surface area contributed by atoms with Gasteiger partial charge in [-0.25, -0.2) is 0 Å². The van der Waals surface area contributed by atoms with Crippen LogP contribution >= 0.6 is 23.7 Å². The zero-order chi connectivity index (χ0) is 13.1. The first-order chi connectivity index (χ1) is 9.33. The first-order valence-electron chi connectivity index (χ1n) is 6.80. The second-order valence-corrected chi connectivity index (χ2v) is 6.13. The van der Waals surface area contributed by atoms with Crippen molar-refractivity contribution >= 4 is 23.7 Å². The smallest absolute Gasteiger partial charge is 0.176 e. The molecule has 2 aromatic rings. The van der Waals surface area contributed by atoms with Crippen LogP contribution in [0.25, 0.3) is 0 Å². The average molecular weight is 316 g/mol. The summed E-state index contributed by atoms with van der Waals surface area (Å²) < 4.78 is 15.0. The maximum absolute atomic E-state index is 12.9. The zero-order valence-electron chi connectivity index (χ0n) is 11.2. The standard InChI is InChI=1S/C14H18FN3S.ClH/c15-14-6-5-13(19-14)10-16-9-12-7-8-17-18(12)11-3-1-2-4-11;/h5-8,11,16H,1-4,9-10H2;1H. The van der Waals surface area contributed by atoms with E-state index in [1.54, 1.807) is 0 Å². The number of nitrogens with zero attached hydrogens (tertiary/aromatic N) is 2. The van der Waals surface area contributed by atoms with E-state index < -0.39 is 0 Å². The fourth-order valence-electron chi connectivity index (χ4n) is 2.72. The van der Waals surface area contributed by atoms with Gasteiger partial charge in [-0.05, 0) is 31.0 Å². The van der Waals surface area contributed by atoms with Crippen LogP contribution in [-0.4, -0.2) is 9.78 Å². The summed E-state index contributed by atoms with van der Waals surface area (Å²) in [7, 11) is 0. The molecule has 0 amide bonds. The molecule has 0 atom stereocenters. The van der Waals surface area contributed by atoms with Crippen LogP contribution in [0.5, 0.6) is 0 Å². The molecule has 1 saturated carbocycles. The number of hydrogen-bond donors (Lipinski definition) is 1. The third-order valence-corrected chi connectivity index (χ3v) is 4.53. The summed E-state index contributed by atoms with van der Waals surface area (Å²) in [6, 6.07) is 6.00. The van der Waals surface area contributed by atoms with Crippen LogP contribution in [0, 0.1) is 5.13 Å². The quantitative estimate of drug-likeness (QED) is 0.906. The van der Waals surface area contributed by atoms with E-state index in [-0.39, 0.29) is 17.5 Å². The fourth-order valence-corrected chi connectivity index (χ4v) is 3.42. The molecule has 0 aromatic carbocycles. The maximum Gasteiger partial charge on any atom is 0.176 e. The van der Waals surface area contributed by atoms with Crippen molar-refractivity contribution < 1.29 is 4.39 Å². The summed E-state index contributed by atoms with van der Waals surface area (Å²) in [4.78, 5) is 1.03. The van der Waals surface area contributed by atoms with Crippen molar-refractivity contribution in [3.8, 4) is 0 Å². The van der Waals surface area contributed by atoms with Gasteiger partial charge >= 0.3 is 0 Å². The Bertz CT molecular complexity index is 534. The molecule has 1 fully saturated rings. The number of aromatic nitrogens is 2.